The van der Waals surface area contributed by atoms with Gasteiger partial charge in [-0.05, 0) is 25.7 Å². The first-order valence-electron chi connectivity index (χ1n) is 3.94. The van der Waals surface area contributed by atoms with Gasteiger partial charge in [0.05, 0.1) is 0 Å². The summed E-state index contributed by atoms with van der Waals surface area (Å²) in [5, 5.41) is 0. The van der Waals surface area contributed by atoms with E-state index in [1.165, 1.54) is 17.7 Å². The summed E-state index contributed by atoms with van der Waals surface area (Å²) in [6.45, 7) is 6.58. The van der Waals surface area contributed by atoms with Gasteiger partial charge in [-0.25, -0.2) is 0 Å². The molecule has 0 amide bonds. The Labute approximate surface area is 62.9 Å². The molecule has 0 aliphatic carbocycles. The Morgan fingerprint density at radius 3 is 2.60 bits per heavy atom. The van der Waals surface area contributed by atoms with Crippen LogP contribution in [0.1, 0.15) is 33.6 Å². The van der Waals surface area contributed by atoms with Crippen LogP contribution in [0.15, 0.2) is 16.3 Å². The van der Waals surface area contributed by atoms with Crippen molar-refractivity contribution in [3.8, 4) is 0 Å². The molecule has 1 nitrogen and oxygen atoms in total. The molecular formula is C9H15N. The van der Waals surface area contributed by atoms with Gasteiger partial charge >= 0.3 is 0 Å². The van der Waals surface area contributed by atoms with Crippen LogP contribution in [0.3, 0.4) is 0 Å². The Kier molecular flexibility index (Phi) is 2.25. The molecule has 0 atom stereocenters. The summed E-state index contributed by atoms with van der Waals surface area (Å²) in [6.07, 6.45) is 4.36. The Bertz CT molecular complexity index is 175. The van der Waals surface area contributed by atoms with E-state index in [4.69, 9.17) is 0 Å². The van der Waals surface area contributed by atoms with Crippen LogP contribution >= 0.6 is 0 Å². The summed E-state index contributed by atoms with van der Waals surface area (Å²) in [5.74, 6) is 0.594. The first-order chi connectivity index (χ1) is 4.72. The van der Waals surface area contributed by atoms with Crippen LogP contribution in [0.25, 0.3) is 0 Å². The lowest BCUT2D eigenvalue weighted by Crippen LogP contribution is -2.00. The number of nitrogens with zero attached hydrogens (tertiary/aromatic N) is 1. The minimum atomic E-state index is 0.594. The zero-order valence-corrected chi connectivity index (χ0v) is 7.02. The highest BCUT2D eigenvalue weighted by molar-refractivity contribution is 5.61. The molecule has 1 rings (SSSR count). The summed E-state index contributed by atoms with van der Waals surface area (Å²) >= 11 is 0. The van der Waals surface area contributed by atoms with Gasteiger partial charge in [-0.15, -0.1) is 0 Å². The quantitative estimate of drug-likeness (QED) is 0.527. The average molecular weight is 137 g/mol. The lowest BCUT2D eigenvalue weighted by molar-refractivity contribution is 0.725. The van der Waals surface area contributed by atoms with Gasteiger partial charge in [0.25, 0.3) is 0 Å². The molecule has 0 aromatic heterocycles. The molecule has 0 aromatic rings. The predicted molar refractivity (Wildman–Crippen MR) is 45.3 cm³/mol. The van der Waals surface area contributed by atoms with Crippen LogP contribution in [0, 0.1) is 5.92 Å². The highest BCUT2D eigenvalue weighted by Crippen LogP contribution is 2.22. The Balaban J connectivity index is 2.79. The fourth-order valence-corrected chi connectivity index (χ4v) is 1.32. The molecule has 10 heavy (non-hydrogen) atoms. The van der Waals surface area contributed by atoms with Crippen molar-refractivity contribution in [1.29, 1.82) is 0 Å². The van der Waals surface area contributed by atoms with Crippen molar-refractivity contribution in [2.45, 2.75) is 33.6 Å². The maximum atomic E-state index is 4.36. The number of allylic oxidation sites excluding steroid dienone is 2. The van der Waals surface area contributed by atoms with Gasteiger partial charge in [0.15, 0.2) is 0 Å². The predicted octanol–water partition coefficient (Wildman–Crippen LogP) is 2.78. The zero-order valence-electron chi connectivity index (χ0n) is 7.02. The molecule has 0 fully saturated rings. The molecule has 0 aromatic carbocycles. The number of hydrogen-bond acceptors (Lipinski definition) is 1. The standard InChI is InChI=1S/C9H15N/c1-7(2)9-8(3)5-4-6-10-9/h6-7H,4-5H2,1-3H3. The molecule has 0 spiro atoms. The van der Waals surface area contributed by atoms with E-state index < -0.39 is 0 Å². The van der Waals surface area contributed by atoms with Gasteiger partial charge < -0.3 is 0 Å². The van der Waals surface area contributed by atoms with E-state index in [0.29, 0.717) is 5.92 Å². The molecular weight excluding hydrogens is 122 g/mol. The highest BCUT2D eigenvalue weighted by Gasteiger charge is 2.07. The van der Waals surface area contributed by atoms with Crippen LogP contribution < -0.4 is 0 Å². The summed E-state index contributed by atoms with van der Waals surface area (Å²) in [7, 11) is 0. The second-order valence-electron chi connectivity index (χ2n) is 3.17. The Hall–Kier alpha value is -0.590. The molecule has 0 saturated heterocycles. The highest BCUT2D eigenvalue weighted by atomic mass is 14.7. The van der Waals surface area contributed by atoms with Crippen molar-refractivity contribution < 1.29 is 0 Å². The second-order valence-corrected chi connectivity index (χ2v) is 3.17. The first kappa shape index (κ1) is 7.52. The van der Waals surface area contributed by atoms with Gasteiger partial charge in [0.1, 0.15) is 0 Å². The summed E-state index contributed by atoms with van der Waals surface area (Å²) < 4.78 is 0. The molecule has 0 radical (unpaired) electrons. The first-order valence-corrected chi connectivity index (χ1v) is 3.94. The third-order valence-corrected chi connectivity index (χ3v) is 1.86. The van der Waals surface area contributed by atoms with Crippen LogP contribution in [0.2, 0.25) is 0 Å². The van der Waals surface area contributed by atoms with Gasteiger partial charge in [0.2, 0.25) is 0 Å². The SMILES string of the molecule is CC1=C(C(C)C)N=CCC1. The summed E-state index contributed by atoms with van der Waals surface area (Å²) in [4.78, 5) is 4.36. The van der Waals surface area contributed by atoms with E-state index in [9.17, 15) is 0 Å². The average Bonchev–Trinajstić information content (AvgIpc) is 1.88. The molecule has 0 saturated carbocycles. The largest absolute Gasteiger partial charge is 0.265 e. The van der Waals surface area contributed by atoms with Crippen molar-refractivity contribution in [3.63, 3.8) is 0 Å². The molecule has 1 heteroatoms. The zero-order chi connectivity index (χ0) is 7.56. The van der Waals surface area contributed by atoms with Crippen molar-refractivity contribution in [2.24, 2.45) is 10.9 Å². The molecule has 56 valence electrons. The number of rotatable bonds is 1. The number of aliphatic imine (C=N–C) groups is 1. The van der Waals surface area contributed by atoms with E-state index in [1.54, 1.807) is 0 Å². The molecule has 1 heterocycles. The van der Waals surface area contributed by atoms with Crippen molar-refractivity contribution in [3.05, 3.63) is 11.3 Å². The lowest BCUT2D eigenvalue weighted by atomic mass is 10.0. The van der Waals surface area contributed by atoms with Crippen LogP contribution in [-0.2, 0) is 0 Å². The van der Waals surface area contributed by atoms with E-state index in [1.807, 2.05) is 6.21 Å². The van der Waals surface area contributed by atoms with E-state index >= 15 is 0 Å². The minimum absolute atomic E-state index is 0.594. The molecule has 1 aliphatic rings. The molecule has 0 N–H and O–H groups in total. The van der Waals surface area contributed by atoms with E-state index in [-0.39, 0.29) is 0 Å². The van der Waals surface area contributed by atoms with Gasteiger partial charge in [-0.3, -0.25) is 4.99 Å². The topological polar surface area (TPSA) is 12.4 Å². The van der Waals surface area contributed by atoms with Gasteiger partial charge in [-0.1, -0.05) is 19.4 Å². The smallest absolute Gasteiger partial charge is 0.0414 e. The van der Waals surface area contributed by atoms with Crippen molar-refractivity contribution in [1.82, 2.24) is 0 Å². The van der Waals surface area contributed by atoms with E-state index in [0.717, 1.165) is 6.42 Å². The molecule has 0 bridgehead atoms. The van der Waals surface area contributed by atoms with Gasteiger partial charge in [-0.2, -0.15) is 0 Å². The van der Waals surface area contributed by atoms with Crippen molar-refractivity contribution in [2.75, 3.05) is 0 Å². The fourth-order valence-electron chi connectivity index (χ4n) is 1.32. The van der Waals surface area contributed by atoms with Crippen LogP contribution in [-0.4, -0.2) is 6.21 Å². The van der Waals surface area contributed by atoms with Crippen LogP contribution in [0.4, 0.5) is 0 Å². The minimum Gasteiger partial charge on any atom is -0.265 e. The third-order valence-electron chi connectivity index (χ3n) is 1.86. The molecule has 1 aliphatic heterocycles. The molecule has 0 unspecified atom stereocenters. The second kappa shape index (κ2) is 3.00. The monoisotopic (exact) mass is 137 g/mol. The van der Waals surface area contributed by atoms with Gasteiger partial charge in [0, 0.05) is 11.9 Å². The summed E-state index contributed by atoms with van der Waals surface area (Å²) in [5.41, 5.74) is 2.77. The fraction of sp³-hybridized carbons (Fsp3) is 0.667. The van der Waals surface area contributed by atoms with Crippen molar-refractivity contribution >= 4 is 6.21 Å². The summed E-state index contributed by atoms with van der Waals surface area (Å²) in [6, 6.07) is 0. The van der Waals surface area contributed by atoms with Crippen LogP contribution in [0.5, 0.6) is 0 Å². The number of hydrogen-bond donors (Lipinski definition) is 0. The third kappa shape index (κ3) is 1.47. The maximum Gasteiger partial charge on any atom is 0.0414 e. The Morgan fingerprint density at radius 2 is 2.20 bits per heavy atom. The maximum absolute atomic E-state index is 4.36. The normalized spacial score (nSPS) is 18.8. The Morgan fingerprint density at radius 1 is 1.50 bits per heavy atom. The van der Waals surface area contributed by atoms with E-state index in [2.05, 4.69) is 25.8 Å². The lowest BCUT2D eigenvalue weighted by Gasteiger charge is -2.13.